The fourth-order valence-corrected chi connectivity index (χ4v) is 9.90. The third-order valence-electron chi connectivity index (χ3n) is 9.86. The van der Waals surface area contributed by atoms with Crippen LogP contribution in [0.1, 0.15) is 0 Å². The van der Waals surface area contributed by atoms with Gasteiger partial charge in [-0.3, -0.25) is 0 Å². The summed E-state index contributed by atoms with van der Waals surface area (Å²) >= 11 is 3.67. The summed E-state index contributed by atoms with van der Waals surface area (Å²) in [7, 11) is 0. The van der Waals surface area contributed by atoms with Crippen LogP contribution in [0, 0.1) is 0 Å². The molecule has 7 aromatic carbocycles. The van der Waals surface area contributed by atoms with Gasteiger partial charge in [0.2, 0.25) is 0 Å². The molecule has 4 aromatic heterocycles. The molecule has 11 aromatic rings. The van der Waals surface area contributed by atoms with Gasteiger partial charge in [0, 0.05) is 56.7 Å². The average molecular weight is 672 g/mol. The third kappa shape index (κ3) is 4.24. The van der Waals surface area contributed by atoms with Crippen molar-refractivity contribution in [2.45, 2.75) is 0 Å². The molecule has 0 amide bonds. The Kier molecular flexibility index (Phi) is 5.99. The second-order valence-electron chi connectivity index (χ2n) is 12.8. The Bertz CT molecular complexity index is 3210. The zero-order valence-corrected chi connectivity index (χ0v) is 28.2. The van der Waals surface area contributed by atoms with E-state index in [1.54, 1.807) is 0 Å². The highest BCUT2D eigenvalue weighted by molar-refractivity contribution is 7.26. The van der Waals surface area contributed by atoms with Gasteiger partial charge in [-0.2, -0.15) is 0 Å². The summed E-state index contributed by atoms with van der Waals surface area (Å²) in [5.74, 6) is 0.664. The van der Waals surface area contributed by atoms with E-state index >= 15 is 0 Å². The summed E-state index contributed by atoms with van der Waals surface area (Å²) in [5, 5.41) is 11.6. The molecule has 232 valence electrons. The fourth-order valence-electron chi connectivity index (χ4n) is 7.55. The van der Waals surface area contributed by atoms with E-state index in [4.69, 9.17) is 15.0 Å². The van der Waals surface area contributed by atoms with E-state index in [0.29, 0.717) is 17.1 Å². The highest BCUT2D eigenvalue weighted by atomic mass is 32.1. The molecular formula is C45H25N3S2. The van der Waals surface area contributed by atoms with E-state index in [9.17, 15) is 0 Å². The highest BCUT2D eigenvalue weighted by Gasteiger charge is 2.15. The Labute approximate surface area is 294 Å². The number of hydrogen-bond acceptors (Lipinski definition) is 5. The van der Waals surface area contributed by atoms with Crippen LogP contribution in [0.25, 0.3) is 106 Å². The van der Waals surface area contributed by atoms with Gasteiger partial charge in [-0.25, -0.2) is 15.0 Å². The molecule has 0 aliphatic heterocycles. The van der Waals surface area contributed by atoms with Crippen LogP contribution in [0.15, 0.2) is 152 Å². The van der Waals surface area contributed by atoms with Crippen molar-refractivity contribution in [2.24, 2.45) is 0 Å². The number of hydrogen-bond donors (Lipinski definition) is 0. The topological polar surface area (TPSA) is 38.7 Å². The summed E-state index contributed by atoms with van der Waals surface area (Å²) in [5.41, 5.74) is 4.65. The van der Waals surface area contributed by atoms with Gasteiger partial charge >= 0.3 is 0 Å². The summed E-state index contributed by atoms with van der Waals surface area (Å²) < 4.78 is 5.05. The summed E-state index contributed by atoms with van der Waals surface area (Å²) in [6.07, 6.45) is 0. The van der Waals surface area contributed by atoms with Gasteiger partial charge in [-0.15, -0.1) is 22.7 Å². The van der Waals surface area contributed by atoms with E-state index < -0.39 is 0 Å². The van der Waals surface area contributed by atoms with Crippen molar-refractivity contribution in [2.75, 3.05) is 0 Å². The van der Waals surface area contributed by atoms with Gasteiger partial charge in [0.1, 0.15) is 0 Å². The van der Waals surface area contributed by atoms with Gasteiger partial charge in [-0.1, -0.05) is 109 Å². The first-order chi connectivity index (χ1) is 24.7. The molecule has 0 aliphatic carbocycles. The van der Waals surface area contributed by atoms with Crippen LogP contribution in [0.5, 0.6) is 0 Å². The number of thiophene rings is 2. The van der Waals surface area contributed by atoms with Gasteiger partial charge in [0.05, 0.1) is 0 Å². The molecule has 6 bridgehead atoms. The maximum Gasteiger partial charge on any atom is 0.164 e. The Morgan fingerprint density at radius 1 is 0.360 bits per heavy atom. The predicted octanol–water partition coefficient (Wildman–Crippen LogP) is 13.1. The van der Waals surface area contributed by atoms with Gasteiger partial charge in [0.25, 0.3) is 0 Å². The molecule has 11 rings (SSSR count). The normalized spacial score (nSPS) is 12.0. The lowest BCUT2D eigenvalue weighted by Crippen LogP contribution is -1.94. The highest BCUT2D eigenvalue weighted by Crippen LogP contribution is 2.42. The van der Waals surface area contributed by atoms with Gasteiger partial charge in [-0.05, 0) is 75.1 Å². The lowest BCUT2D eigenvalue weighted by atomic mass is 9.97. The van der Waals surface area contributed by atoms with Crippen molar-refractivity contribution >= 4 is 107 Å². The molecule has 0 saturated heterocycles. The molecule has 0 radical (unpaired) electrons. The Morgan fingerprint density at radius 2 is 1.04 bits per heavy atom. The monoisotopic (exact) mass is 671 g/mol. The quantitative estimate of drug-likeness (QED) is 0.184. The summed E-state index contributed by atoms with van der Waals surface area (Å²) in [4.78, 5) is 15.7. The third-order valence-corrected chi connectivity index (χ3v) is 12.2. The average Bonchev–Trinajstić information content (AvgIpc) is 3.76. The molecule has 0 spiro atoms. The molecule has 0 atom stereocenters. The van der Waals surface area contributed by atoms with E-state index in [-0.39, 0.29) is 0 Å². The lowest BCUT2D eigenvalue weighted by Gasteiger charge is -2.08. The van der Waals surface area contributed by atoms with Crippen LogP contribution in [0.3, 0.4) is 0 Å². The molecule has 0 aliphatic rings. The minimum atomic E-state index is 0.660. The number of nitrogens with zero attached hydrogens (tertiary/aromatic N) is 3. The van der Waals surface area contributed by atoms with Crippen molar-refractivity contribution in [1.29, 1.82) is 0 Å². The molecule has 0 unspecified atom stereocenters. The second kappa shape index (κ2) is 10.7. The van der Waals surface area contributed by atoms with Crippen molar-refractivity contribution in [3.8, 4) is 22.5 Å². The first kappa shape index (κ1) is 27.9. The van der Waals surface area contributed by atoms with Crippen LogP contribution in [0.4, 0.5) is 0 Å². The zero-order valence-electron chi connectivity index (χ0n) is 26.6. The standard InChI is InChI=1S/C45H25N3S2/c1-2-10-26(11-3-1)43-46-44-30-23-28(22-29(24-30)33-15-8-16-35-34-14-6-7-18-38(34)50-42(33)35)32-13-5-4-12-31(32)27-20-21-39-37(25-27)41-36(45(47-43)48-44)17-9-19-40(41)49-39/h1-25H. The van der Waals surface area contributed by atoms with Crippen LogP contribution < -0.4 is 0 Å². The van der Waals surface area contributed by atoms with Crippen LogP contribution in [-0.4, -0.2) is 15.0 Å². The molecule has 0 fully saturated rings. The first-order valence-corrected chi connectivity index (χ1v) is 18.3. The maximum absolute atomic E-state index is 5.30. The smallest absolute Gasteiger partial charge is 0.164 e. The number of rotatable bonds is 2. The number of aromatic nitrogens is 3. The van der Waals surface area contributed by atoms with Crippen molar-refractivity contribution < 1.29 is 0 Å². The Hall–Kier alpha value is -6.01. The van der Waals surface area contributed by atoms with Crippen molar-refractivity contribution in [1.82, 2.24) is 15.0 Å². The molecule has 50 heavy (non-hydrogen) atoms. The first-order valence-electron chi connectivity index (χ1n) is 16.7. The van der Waals surface area contributed by atoms with Gasteiger partial charge in [0.15, 0.2) is 17.1 Å². The molecule has 3 nitrogen and oxygen atoms in total. The molecule has 0 N–H and O–H groups in total. The minimum Gasteiger partial charge on any atom is -0.208 e. The zero-order chi connectivity index (χ0) is 32.8. The molecule has 4 heterocycles. The van der Waals surface area contributed by atoms with Gasteiger partial charge < -0.3 is 0 Å². The van der Waals surface area contributed by atoms with Crippen LogP contribution in [-0.2, 0) is 0 Å². The fraction of sp³-hybridized carbons (Fsp3) is 0. The molecule has 0 saturated carbocycles. The van der Waals surface area contributed by atoms with Crippen LogP contribution >= 0.6 is 22.7 Å². The molecule has 5 heteroatoms. The minimum absolute atomic E-state index is 0.660. The van der Waals surface area contributed by atoms with E-state index in [0.717, 1.165) is 27.3 Å². The van der Waals surface area contributed by atoms with E-state index in [1.165, 1.54) is 62.1 Å². The van der Waals surface area contributed by atoms with Crippen molar-refractivity contribution in [3.05, 3.63) is 152 Å². The Balaban J connectivity index is 1.38. The number of benzene rings is 7. The summed E-state index contributed by atoms with van der Waals surface area (Å²) in [6.45, 7) is 0. The lowest BCUT2D eigenvalue weighted by molar-refractivity contribution is 1.18. The van der Waals surface area contributed by atoms with E-state index in [2.05, 4.69) is 133 Å². The molecular weight excluding hydrogens is 647 g/mol. The van der Waals surface area contributed by atoms with Crippen LogP contribution in [0.2, 0.25) is 0 Å². The van der Waals surface area contributed by atoms with E-state index in [1.807, 2.05) is 40.9 Å². The largest absolute Gasteiger partial charge is 0.208 e. The maximum atomic E-state index is 5.30. The number of fused-ring (bicyclic) bond motifs is 13. The summed E-state index contributed by atoms with van der Waals surface area (Å²) in [6, 6.07) is 54.7. The Morgan fingerprint density at radius 3 is 1.94 bits per heavy atom. The predicted molar refractivity (Wildman–Crippen MR) is 215 cm³/mol. The van der Waals surface area contributed by atoms with Crippen molar-refractivity contribution in [3.63, 3.8) is 0 Å². The SMILES string of the molecule is c1ccc(-c2nc3nc(n2)c2cccc4sc5ccc(cc5c42)c2ccccc2c2cc(-c4cccc5c4sc4ccccc45)cc3c2)cc1. The second-order valence-corrected chi connectivity index (χ2v) is 14.9.